The normalized spacial score (nSPS) is 12.8. The molecule has 0 aliphatic rings. The number of nitrogens with zero attached hydrogens (tertiary/aromatic N) is 8. The molecule has 16 aromatic rings. The molecule has 0 fully saturated rings. The molecule has 0 bridgehead atoms. The van der Waals surface area contributed by atoms with E-state index >= 15 is 0 Å². The molecule has 24 heteroatoms. The highest BCUT2D eigenvalue weighted by molar-refractivity contribution is 6.32. The predicted octanol–water partition coefficient (Wildman–Crippen LogP) is 32.6. The van der Waals surface area contributed by atoms with E-state index in [1.54, 1.807) is 46.9 Å². The number of ketones is 4. The zero-order valence-corrected chi connectivity index (χ0v) is 93.0. The lowest BCUT2D eigenvalue weighted by atomic mass is 9.90. The maximum absolute atomic E-state index is 13.5. The highest BCUT2D eigenvalue weighted by Crippen LogP contribution is 2.50. The molecule has 0 aliphatic heterocycles. The van der Waals surface area contributed by atoms with Crippen LogP contribution in [0, 0.1) is 88.9 Å². The van der Waals surface area contributed by atoms with Gasteiger partial charge in [0.1, 0.15) is 58.6 Å². The molecule has 8 heterocycles. The minimum Gasteiger partial charge on any atom is -0.497 e. The lowest BCUT2D eigenvalue weighted by Crippen LogP contribution is -2.27. The van der Waals surface area contributed by atoms with Gasteiger partial charge in [-0.15, -0.1) is 0 Å². The number of pyridine rings is 4. The Labute approximate surface area is 882 Å². The third-order valence-corrected chi connectivity index (χ3v) is 27.6. The van der Waals surface area contributed by atoms with Gasteiger partial charge < -0.3 is 42.0 Å². The van der Waals surface area contributed by atoms with E-state index in [-0.39, 0.29) is 29.0 Å². The number of fused-ring (bicyclic) bond motifs is 4. The van der Waals surface area contributed by atoms with Crippen LogP contribution in [0.5, 0.6) is 5.75 Å². The Bertz CT molecular complexity index is 7320. The molecular formula is C121H131Cl6FN8O9. The number of ether oxygens (including phenoxy) is 5. The third kappa shape index (κ3) is 25.3. The summed E-state index contributed by atoms with van der Waals surface area (Å²) in [6.45, 7) is 56.9. The zero-order chi connectivity index (χ0) is 106. The molecule has 0 amide bonds. The first kappa shape index (κ1) is 111. The molecule has 0 spiro atoms. The summed E-state index contributed by atoms with van der Waals surface area (Å²) in [5.41, 5.74) is 28.5. The summed E-state index contributed by atoms with van der Waals surface area (Å²) in [7, 11) is 1.67. The lowest BCUT2D eigenvalue weighted by Gasteiger charge is -2.29. The molecule has 0 saturated heterocycles. The van der Waals surface area contributed by atoms with E-state index in [2.05, 4.69) is 91.9 Å². The van der Waals surface area contributed by atoms with Gasteiger partial charge in [-0.2, -0.15) is 0 Å². The topological polar surface area (TPSA) is 186 Å². The van der Waals surface area contributed by atoms with E-state index in [0.717, 1.165) is 207 Å². The van der Waals surface area contributed by atoms with E-state index < -0.39 is 46.8 Å². The monoisotopic (exact) mass is 2070 g/mol. The van der Waals surface area contributed by atoms with Gasteiger partial charge in [0.15, 0.2) is 23.1 Å². The molecule has 0 saturated carbocycles. The maximum atomic E-state index is 13.5. The predicted molar refractivity (Wildman–Crippen MR) is 593 cm³/mol. The largest absolute Gasteiger partial charge is 0.497 e. The van der Waals surface area contributed by atoms with Gasteiger partial charge in [-0.05, 0) is 358 Å². The SMILES string of the molecule is CC(=O)C(OC(C)(C)C)c1c(C)nc2c(c(C)c(C)n2Cc2ccc(Cl)cc2)c1-c1ccc(Cl)cc1.CC(=O)C(OC(C)(C)C)c1c(C)nc2c(c(C)c(C)n2Cc2ccc(F)cc2)c1-c1ccc(Cl)cc1.CC(=O)C(OC(C)(C)C)c1c(C)nc2c(c(C)c(C)n2Cc2cccc(Cl)c2)c1-c1ccc(Cl)cc1.COc1ccc(Cn2c(C)c(C)c3c(-c4ccc(Cl)cc4)c(C(OC(C)(C)C)C(C)=O)c(C)nc32)cc1. The fourth-order valence-corrected chi connectivity index (χ4v) is 19.8. The Morgan fingerprint density at radius 1 is 0.297 bits per heavy atom. The number of aryl methyl sites for hydroxylation is 8. The van der Waals surface area contributed by atoms with Gasteiger partial charge in [0.2, 0.25) is 0 Å². The van der Waals surface area contributed by atoms with Gasteiger partial charge in [0.25, 0.3) is 0 Å². The van der Waals surface area contributed by atoms with Crippen LogP contribution >= 0.6 is 69.6 Å². The van der Waals surface area contributed by atoms with Crippen molar-refractivity contribution in [1.82, 2.24) is 38.2 Å². The molecule has 4 atom stereocenters. The van der Waals surface area contributed by atoms with E-state index in [9.17, 15) is 23.6 Å². The number of benzene rings is 8. The number of aromatic nitrogens is 8. The fourth-order valence-electron chi connectivity index (χ4n) is 19.0. The van der Waals surface area contributed by atoms with Gasteiger partial charge in [-0.3, -0.25) is 19.2 Å². The number of carbonyl (C=O) groups excluding carboxylic acids is 4. The second-order valence-electron chi connectivity index (χ2n) is 41.6. The van der Waals surface area contributed by atoms with Crippen LogP contribution in [0.3, 0.4) is 0 Å². The Hall–Kier alpha value is -11.5. The first-order valence-electron chi connectivity index (χ1n) is 48.6. The number of rotatable bonds is 25. The van der Waals surface area contributed by atoms with Crippen LogP contribution in [-0.4, -0.2) is 90.9 Å². The summed E-state index contributed by atoms with van der Waals surface area (Å²) in [4.78, 5) is 72.3. The second kappa shape index (κ2) is 45.1. The minimum absolute atomic E-state index is 0.0542. The Kier molecular flexibility index (Phi) is 34.4. The third-order valence-electron chi connectivity index (χ3n) is 26.1. The number of hydrogen-bond acceptors (Lipinski definition) is 13. The van der Waals surface area contributed by atoms with E-state index in [4.69, 9.17) is 113 Å². The molecule has 8 aromatic heterocycles. The number of carbonyl (C=O) groups is 4. The van der Waals surface area contributed by atoms with E-state index in [0.29, 0.717) is 56.3 Å². The standard InChI is InChI=1S/C31H35ClN2O3.2C30H32Cl2N2O2.C30H32ClFN2O2/c1-18-20(3)34(17-22-9-15-25(36-8)16-10-22)30-26(18)28(23-11-13-24(32)14-12-23)27(19(2)33-30)29(21(4)35)37-31(5,6)7;1-17-19(3)34(16-21-8-12-23(31)13-9-21)29-25(17)27(22-10-14-24(32)15-11-22)26(18(2)33-29)28(20(4)35)36-30(5,6)7;1-17-19(3)34(16-21-9-8-10-24(32)15-21)29-25(17)27(22-11-13-23(31)14-12-22)26(18(2)33-29)28(20(4)35)36-30(5,6)7;1-17-19(3)34(16-21-8-14-24(32)15-9-21)29-25(17)27(22-10-12-23(31)13-11-22)26(18(2)33-29)28(20(4)35)36-30(5,6)7/h9-16,29H,17H2,1-8H3;3*8-15,28H,16H2,1-7H3. The van der Waals surface area contributed by atoms with Gasteiger partial charge in [0, 0.05) is 168 Å². The second-order valence-corrected chi connectivity index (χ2v) is 44.2. The van der Waals surface area contributed by atoms with Gasteiger partial charge in [0.05, 0.1) is 29.5 Å². The highest BCUT2D eigenvalue weighted by atomic mass is 35.5. The molecule has 0 radical (unpaired) electrons. The molecular weight excluding hydrogens is 1940 g/mol. The molecule has 0 aliphatic carbocycles. The van der Waals surface area contributed by atoms with Crippen molar-refractivity contribution in [1.29, 1.82) is 0 Å². The minimum atomic E-state index is -0.771. The number of methoxy groups -OCH3 is 1. The number of Topliss-reactive ketones (excluding diaryl/α,β-unsaturated/α-hetero) is 4. The summed E-state index contributed by atoms with van der Waals surface area (Å²) < 4.78 is 53.1. The maximum Gasteiger partial charge on any atom is 0.163 e. The Morgan fingerprint density at radius 3 is 0.724 bits per heavy atom. The van der Waals surface area contributed by atoms with Gasteiger partial charge >= 0.3 is 0 Å². The van der Waals surface area contributed by atoms with Crippen molar-refractivity contribution in [2.45, 2.75) is 267 Å². The van der Waals surface area contributed by atoms with Crippen molar-refractivity contribution < 1.29 is 47.3 Å². The summed E-state index contributed by atoms with van der Waals surface area (Å²) in [5.74, 6) is 0.316. The molecule has 758 valence electrons. The van der Waals surface area contributed by atoms with Crippen molar-refractivity contribution in [2.75, 3.05) is 7.11 Å². The quantitative estimate of drug-likeness (QED) is 0.0527. The Morgan fingerprint density at radius 2 is 0.510 bits per heavy atom. The van der Waals surface area contributed by atoms with Crippen LogP contribution in [0.1, 0.15) is 248 Å². The molecule has 17 nitrogen and oxygen atoms in total. The van der Waals surface area contributed by atoms with Crippen LogP contribution < -0.4 is 4.74 Å². The zero-order valence-electron chi connectivity index (χ0n) is 88.5. The van der Waals surface area contributed by atoms with Crippen molar-refractivity contribution >= 4 is 137 Å². The fraction of sp³-hybridized carbons (Fsp3) is 0.339. The summed E-state index contributed by atoms with van der Waals surface area (Å²) >= 11 is 37.4. The molecule has 4 unspecified atom stereocenters. The Balaban J connectivity index is 0.000000162. The van der Waals surface area contributed by atoms with E-state index in [1.807, 2.05) is 262 Å². The van der Waals surface area contributed by atoms with Crippen molar-refractivity contribution in [3.05, 3.63) is 342 Å². The smallest absolute Gasteiger partial charge is 0.163 e. The van der Waals surface area contributed by atoms with Crippen LogP contribution in [0.25, 0.3) is 88.6 Å². The van der Waals surface area contributed by atoms with Gasteiger partial charge in [-0.25, -0.2) is 24.3 Å². The summed E-state index contributed by atoms with van der Waals surface area (Å²) in [6.07, 6.45) is -3.00. The average Bonchev–Trinajstić information content (AvgIpc) is 1.61. The molecule has 8 aromatic carbocycles. The highest BCUT2D eigenvalue weighted by Gasteiger charge is 2.39. The van der Waals surface area contributed by atoms with Crippen LogP contribution in [0.4, 0.5) is 4.39 Å². The van der Waals surface area contributed by atoms with Crippen molar-refractivity contribution in [3.63, 3.8) is 0 Å². The summed E-state index contributed by atoms with van der Waals surface area (Å²) in [6, 6.07) is 61.3. The van der Waals surface area contributed by atoms with Gasteiger partial charge in [-0.1, -0.05) is 167 Å². The number of halogens is 7. The summed E-state index contributed by atoms with van der Waals surface area (Å²) in [5, 5.41) is 8.06. The first-order valence-corrected chi connectivity index (χ1v) is 50.9. The first-order chi connectivity index (χ1) is 68.0. The average molecular weight is 2070 g/mol. The van der Waals surface area contributed by atoms with Crippen molar-refractivity contribution in [3.8, 4) is 50.3 Å². The molecule has 145 heavy (non-hydrogen) atoms. The van der Waals surface area contributed by atoms with Crippen LogP contribution in [-0.2, 0) is 64.3 Å². The lowest BCUT2D eigenvalue weighted by molar-refractivity contribution is -0.139. The number of hydrogen-bond donors (Lipinski definition) is 0. The van der Waals surface area contributed by atoms with Crippen LogP contribution in [0.2, 0.25) is 30.1 Å². The molecule has 16 rings (SSSR count). The van der Waals surface area contributed by atoms with Crippen LogP contribution in [0.15, 0.2) is 194 Å². The van der Waals surface area contributed by atoms with Crippen molar-refractivity contribution in [2.24, 2.45) is 0 Å². The molecule has 0 N–H and O–H groups in total. The van der Waals surface area contributed by atoms with E-state index in [1.165, 1.54) is 12.1 Å².